The first-order valence-corrected chi connectivity index (χ1v) is 8.43. The van der Waals surface area contributed by atoms with Gasteiger partial charge >= 0.3 is 0 Å². The SMILES string of the molecule is CCOc1ccccc1C(=O)NC[C@@](O)(c1ccccc1)C1CC1. The van der Waals surface area contributed by atoms with Crippen molar-refractivity contribution in [3.05, 3.63) is 65.7 Å². The number of carbonyl (C=O) groups excluding carboxylic acids is 1. The van der Waals surface area contributed by atoms with E-state index < -0.39 is 5.60 Å². The summed E-state index contributed by atoms with van der Waals surface area (Å²) in [5.74, 6) is 0.531. The molecule has 3 rings (SSSR count). The molecule has 0 bridgehead atoms. The van der Waals surface area contributed by atoms with Crippen LogP contribution in [0.2, 0.25) is 0 Å². The fraction of sp³-hybridized carbons (Fsp3) is 0.350. The average Bonchev–Trinajstić information content (AvgIpc) is 3.46. The van der Waals surface area contributed by atoms with E-state index in [9.17, 15) is 9.90 Å². The van der Waals surface area contributed by atoms with E-state index in [0.717, 1.165) is 18.4 Å². The van der Waals surface area contributed by atoms with Gasteiger partial charge in [-0.2, -0.15) is 0 Å². The minimum absolute atomic E-state index is 0.195. The smallest absolute Gasteiger partial charge is 0.255 e. The molecule has 2 aromatic rings. The van der Waals surface area contributed by atoms with Crippen molar-refractivity contribution in [2.24, 2.45) is 5.92 Å². The molecular weight excluding hydrogens is 302 g/mol. The van der Waals surface area contributed by atoms with Gasteiger partial charge in [-0.1, -0.05) is 42.5 Å². The Hall–Kier alpha value is -2.33. The van der Waals surface area contributed by atoms with E-state index in [-0.39, 0.29) is 18.4 Å². The molecule has 0 aliphatic heterocycles. The quantitative estimate of drug-likeness (QED) is 0.822. The topological polar surface area (TPSA) is 58.6 Å². The van der Waals surface area contributed by atoms with Crippen LogP contribution in [-0.4, -0.2) is 24.2 Å². The molecule has 1 fully saturated rings. The fourth-order valence-corrected chi connectivity index (χ4v) is 3.02. The average molecular weight is 325 g/mol. The van der Waals surface area contributed by atoms with Crippen LogP contribution in [0.3, 0.4) is 0 Å². The number of rotatable bonds is 7. The molecule has 0 radical (unpaired) electrons. The van der Waals surface area contributed by atoms with Crippen LogP contribution in [0.25, 0.3) is 0 Å². The van der Waals surface area contributed by atoms with E-state index in [1.54, 1.807) is 12.1 Å². The van der Waals surface area contributed by atoms with Crippen molar-refractivity contribution in [3.63, 3.8) is 0 Å². The second-order valence-electron chi connectivity index (χ2n) is 6.18. The molecule has 0 heterocycles. The Labute approximate surface area is 142 Å². The lowest BCUT2D eigenvalue weighted by Gasteiger charge is -2.29. The maximum Gasteiger partial charge on any atom is 0.255 e. The van der Waals surface area contributed by atoms with Crippen LogP contribution < -0.4 is 10.1 Å². The van der Waals surface area contributed by atoms with E-state index in [1.165, 1.54) is 0 Å². The highest BCUT2D eigenvalue weighted by Crippen LogP contribution is 2.45. The number of benzene rings is 2. The van der Waals surface area contributed by atoms with Crippen LogP contribution in [0.1, 0.15) is 35.7 Å². The molecule has 1 aliphatic carbocycles. The number of ether oxygens (including phenoxy) is 1. The number of hydrogen-bond acceptors (Lipinski definition) is 3. The summed E-state index contributed by atoms with van der Waals surface area (Å²) >= 11 is 0. The van der Waals surface area contributed by atoms with Crippen LogP contribution in [-0.2, 0) is 5.60 Å². The first-order valence-electron chi connectivity index (χ1n) is 8.43. The van der Waals surface area contributed by atoms with Crippen molar-refractivity contribution in [1.82, 2.24) is 5.32 Å². The zero-order valence-electron chi connectivity index (χ0n) is 13.9. The van der Waals surface area contributed by atoms with Crippen molar-refractivity contribution < 1.29 is 14.6 Å². The molecule has 126 valence electrons. The number of para-hydroxylation sites is 1. The number of amides is 1. The highest BCUT2D eigenvalue weighted by molar-refractivity contribution is 5.96. The van der Waals surface area contributed by atoms with Gasteiger partial charge in [0.05, 0.1) is 18.7 Å². The second-order valence-corrected chi connectivity index (χ2v) is 6.18. The second kappa shape index (κ2) is 7.05. The maximum absolute atomic E-state index is 12.6. The predicted molar refractivity (Wildman–Crippen MR) is 93.0 cm³/mol. The van der Waals surface area contributed by atoms with Gasteiger partial charge in [0, 0.05) is 0 Å². The number of hydrogen-bond donors (Lipinski definition) is 2. The standard InChI is InChI=1S/C20H23NO3/c1-2-24-18-11-7-6-10-17(18)19(22)21-14-20(23,16-12-13-16)15-8-4-3-5-9-15/h3-11,16,23H,2,12-14H2,1H3,(H,21,22)/t20-/m1/s1. The molecule has 1 atom stereocenters. The Morgan fingerprint density at radius 1 is 1.17 bits per heavy atom. The van der Waals surface area contributed by atoms with Gasteiger partial charge in [-0.3, -0.25) is 4.79 Å². The van der Waals surface area contributed by atoms with Crippen LogP contribution in [0, 0.1) is 5.92 Å². The van der Waals surface area contributed by atoms with E-state index >= 15 is 0 Å². The van der Waals surface area contributed by atoms with E-state index in [2.05, 4.69) is 5.32 Å². The fourth-order valence-electron chi connectivity index (χ4n) is 3.02. The molecule has 4 heteroatoms. The van der Waals surface area contributed by atoms with Crippen LogP contribution in [0.15, 0.2) is 54.6 Å². The number of carbonyl (C=O) groups is 1. The molecule has 4 nitrogen and oxygen atoms in total. The lowest BCUT2D eigenvalue weighted by atomic mass is 9.88. The molecule has 2 aromatic carbocycles. The number of aliphatic hydroxyl groups is 1. The van der Waals surface area contributed by atoms with Gasteiger partial charge in [-0.25, -0.2) is 0 Å². The monoisotopic (exact) mass is 325 g/mol. The first-order chi connectivity index (χ1) is 11.6. The van der Waals surface area contributed by atoms with Crippen LogP contribution >= 0.6 is 0 Å². The third-order valence-corrected chi connectivity index (χ3v) is 4.48. The molecule has 1 saturated carbocycles. The Morgan fingerprint density at radius 2 is 1.83 bits per heavy atom. The third-order valence-electron chi connectivity index (χ3n) is 4.48. The summed E-state index contributed by atoms with van der Waals surface area (Å²) in [5, 5.41) is 14.0. The highest BCUT2D eigenvalue weighted by atomic mass is 16.5. The third kappa shape index (κ3) is 3.44. The van der Waals surface area contributed by atoms with E-state index in [1.807, 2.05) is 49.4 Å². The van der Waals surface area contributed by atoms with Gasteiger partial charge in [-0.05, 0) is 43.4 Å². The summed E-state index contributed by atoms with van der Waals surface area (Å²) in [7, 11) is 0. The first kappa shape index (κ1) is 16.5. The Morgan fingerprint density at radius 3 is 2.50 bits per heavy atom. The van der Waals surface area contributed by atoms with Gasteiger partial charge < -0.3 is 15.2 Å². The van der Waals surface area contributed by atoms with Gasteiger partial charge in [-0.15, -0.1) is 0 Å². The number of nitrogens with one attached hydrogen (secondary N) is 1. The van der Waals surface area contributed by atoms with Crippen LogP contribution in [0.4, 0.5) is 0 Å². The summed E-state index contributed by atoms with van der Waals surface area (Å²) < 4.78 is 5.51. The highest BCUT2D eigenvalue weighted by Gasteiger charge is 2.45. The Bertz CT molecular complexity index is 697. The van der Waals surface area contributed by atoms with Gasteiger partial charge in [0.25, 0.3) is 5.91 Å². The predicted octanol–water partition coefficient (Wildman–Crippen LogP) is 3.11. The lowest BCUT2D eigenvalue weighted by molar-refractivity contribution is 0.0134. The summed E-state index contributed by atoms with van der Waals surface area (Å²) in [6.07, 6.45) is 1.97. The van der Waals surface area contributed by atoms with Gasteiger partial charge in [0.2, 0.25) is 0 Å². The van der Waals surface area contributed by atoms with Crippen molar-refractivity contribution >= 4 is 5.91 Å². The minimum Gasteiger partial charge on any atom is -0.493 e. The summed E-state index contributed by atoms with van der Waals surface area (Å²) in [6.45, 7) is 2.58. The zero-order chi connectivity index (χ0) is 17.0. The molecule has 0 unspecified atom stereocenters. The molecule has 0 aromatic heterocycles. The van der Waals surface area contributed by atoms with Gasteiger partial charge in [0.1, 0.15) is 11.4 Å². The molecule has 1 amide bonds. The van der Waals surface area contributed by atoms with Crippen molar-refractivity contribution in [2.45, 2.75) is 25.4 Å². The lowest BCUT2D eigenvalue weighted by Crippen LogP contribution is -2.42. The van der Waals surface area contributed by atoms with Crippen molar-refractivity contribution in [1.29, 1.82) is 0 Å². The molecular formula is C20H23NO3. The zero-order valence-corrected chi connectivity index (χ0v) is 13.9. The largest absolute Gasteiger partial charge is 0.493 e. The molecule has 1 aliphatic rings. The Balaban J connectivity index is 1.75. The summed E-state index contributed by atoms with van der Waals surface area (Å²) in [4.78, 5) is 12.6. The van der Waals surface area contributed by atoms with Gasteiger partial charge in [0.15, 0.2) is 0 Å². The Kier molecular flexibility index (Phi) is 4.86. The summed E-state index contributed by atoms with van der Waals surface area (Å²) in [5.41, 5.74) is 0.328. The molecule has 0 spiro atoms. The van der Waals surface area contributed by atoms with Crippen molar-refractivity contribution in [3.8, 4) is 5.75 Å². The minimum atomic E-state index is -1.02. The van der Waals surface area contributed by atoms with E-state index in [4.69, 9.17) is 4.74 Å². The van der Waals surface area contributed by atoms with Crippen LogP contribution in [0.5, 0.6) is 5.75 Å². The van der Waals surface area contributed by atoms with E-state index in [0.29, 0.717) is 17.9 Å². The van der Waals surface area contributed by atoms with Crippen molar-refractivity contribution in [2.75, 3.05) is 13.2 Å². The maximum atomic E-state index is 12.6. The molecule has 24 heavy (non-hydrogen) atoms. The normalized spacial score (nSPS) is 16.2. The summed E-state index contributed by atoms with van der Waals surface area (Å²) in [6, 6.07) is 16.7. The molecule has 0 saturated heterocycles. The molecule has 2 N–H and O–H groups in total.